The summed E-state index contributed by atoms with van der Waals surface area (Å²) in [5.41, 5.74) is 0.331. The third-order valence-electron chi connectivity index (χ3n) is 2.84. The number of benzene rings is 1. The molecule has 2 amide bonds. The van der Waals surface area contributed by atoms with Gasteiger partial charge in [0.15, 0.2) is 0 Å². The van der Waals surface area contributed by atoms with Gasteiger partial charge in [-0.1, -0.05) is 31.5 Å². The first kappa shape index (κ1) is 18.0. The first-order valence-corrected chi connectivity index (χ1v) is 7.23. The van der Waals surface area contributed by atoms with Crippen LogP contribution < -0.4 is 10.6 Å². The van der Waals surface area contributed by atoms with E-state index in [0.717, 1.165) is 0 Å². The van der Waals surface area contributed by atoms with Gasteiger partial charge in [-0.05, 0) is 30.5 Å². The predicted octanol–water partition coefficient (Wildman–Crippen LogP) is 1.69. The van der Waals surface area contributed by atoms with Crippen molar-refractivity contribution in [2.45, 2.75) is 26.3 Å². The van der Waals surface area contributed by atoms with Gasteiger partial charge < -0.3 is 15.7 Å². The maximum atomic E-state index is 11.8. The minimum Gasteiger partial charge on any atom is -0.480 e. The first-order chi connectivity index (χ1) is 10.3. The van der Waals surface area contributed by atoms with Crippen LogP contribution in [0, 0.1) is 5.92 Å². The molecule has 0 radical (unpaired) electrons. The smallest absolute Gasteiger partial charge is 0.326 e. The van der Waals surface area contributed by atoms with E-state index in [9.17, 15) is 14.4 Å². The summed E-state index contributed by atoms with van der Waals surface area (Å²) < 4.78 is 0. The number of rotatable bonds is 7. The highest BCUT2D eigenvalue weighted by Gasteiger charge is 2.21. The third kappa shape index (κ3) is 6.13. The molecule has 0 heterocycles. The average Bonchev–Trinajstić information content (AvgIpc) is 2.43. The Labute approximate surface area is 133 Å². The molecule has 0 aliphatic carbocycles. The highest BCUT2D eigenvalue weighted by atomic mass is 35.5. The molecule has 120 valence electrons. The lowest BCUT2D eigenvalue weighted by Crippen LogP contribution is -2.46. The fourth-order valence-corrected chi connectivity index (χ4v) is 2.02. The van der Waals surface area contributed by atoms with E-state index in [0.29, 0.717) is 17.0 Å². The molecule has 1 rings (SSSR count). The number of carboxylic acid groups (broad SMARTS) is 1. The van der Waals surface area contributed by atoms with E-state index in [-0.39, 0.29) is 12.5 Å². The molecule has 1 atom stereocenters. The van der Waals surface area contributed by atoms with E-state index in [2.05, 4.69) is 10.6 Å². The Morgan fingerprint density at radius 2 is 1.95 bits per heavy atom. The van der Waals surface area contributed by atoms with Gasteiger partial charge in [-0.15, -0.1) is 0 Å². The molecule has 0 bridgehead atoms. The summed E-state index contributed by atoms with van der Waals surface area (Å²) in [5, 5.41) is 14.3. The molecular weight excluding hydrogens is 308 g/mol. The zero-order valence-electron chi connectivity index (χ0n) is 12.4. The standard InChI is InChI=1S/C15H19ClN2O4/c1-9(2)6-12(15(21)22)18-13(19)8-17-14(20)10-4-3-5-11(16)7-10/h3-5,7,9,12H,6,8H2,1-2H3,(H,17,20)(H,18,19)(H,21,22)/t12-/m0/s1. The summed E-state index contributed by atoms with van der Waals surface area (Å²) >= 11 is 5.78. The zero-order chi connectivity index (χ0) is 16.7. The van der Waals surface area contributed by atoms with Gasteiger partial charge in [0.25, 0.3) is 5.91 Å². The molecule has 0 saturated heterocycles. The minimum atomic E-state index is -1.09. The second kappa shape index (κ2) is 8.38. The second-order valence-corrected chi connectivity index (χ2v) is 5.72. The molecule has 22 heavy (non-hydrogen) atoms. The van der Waals surface area contributed by atoms with Crippen LogP contribution in [0.4, 0.5) is 0 Å². The van der Waals surface area contributed by atoms with Crippen LogP contribution in [0.3, 0.4) is 0 Å². The average molecular weight is 327 g/mol. The Morgan fingerprint density at radius 3 is 2.50 bits per heavy atom. The molecule has 0 unspecified atom stereocenters. The van der Waals surface area contributed by atoms with Crippen LogP contribution in [0.15, 0.2) is 24.3 Å². The summed E-state index contributed by atoms with van der Waals surface area (Å²) in [6.45, 7) is 3.43. The van der Waals surface area contributed by atoms with E-state index in [1.165, 1.54) is 6.07 Å². The molecule has 1 aromatic rings. The van der Waals surface area contributed by atoms with Crippen molar-refractivity contribution in [2.24, 2.45) is 5.92 Å². The van der Waals surface area contributed by atoms with Crippen molar-refractivity contribution in [1.82, 2.24) is 10.6 Å². The monoisotopic (exact) mass is 326 g/mol. The lowest BCUT2D eigenvalue weighted by atomic mass is 10.0. The van der Waals surface area contributed by atoms with E-state index in [1.807, 2.05) is 13.8 Å². The van der Waals surface area contributed by atoms with Gasteiger partial charge in [-0.3, -0.25) is 9.59 Å². The topological polar surface area (TPSA) is 95.5 Å². The van der Waals surface area contributed by atoms with Crippen LogP contribution in [0.2, 0.25) is 5.02 Å². The lowest BCUT2D eigenvalue weighted by Gasteiger charge is -2.16. The Kier molecular flexibility index (Phi) is 6.85. The molecule has 0 saturated carbocycles. The van der Waals surface area contributed by atoms with Crippen molar-refractivity contribution >= 4 is 29.4 Å². The molecule has 6 nitrogen and oxygen atoms in total. The summed E-state index contributed by atoms with van der Waals surface area (Å²) in [6, 6.07) is 5.34. The van der Waals surface area contributed by atoms with Gasteiger partial charge in [0.1, 0.15) is 6.04 Å². The summed E-state index contributed by atoms with van der Waals surface area (Å²) in [6.07, 6.45) is 0.323. The Morgan fingerprint density at radius 1 is 1.27 bits per heavy atom. The molecule has 3 N–H and O–H groups in total. The number of carbonyl (C=O) groups excluding carboxylic acids is 2. The number of carbonyl (C=O) groups is 3. The minimum absolute atomic E-state index is 0.127. The van der Waals surface area contributed by atoms with Crippen LogP contribution >= 0.6 is 11.6 Å². The third-order valence-corrected chi connectivity index (χ3v) is 3.07. The van der Waals surface area contributed by atoms with E-state index in [4.69, 9.17) is 16.7 Å². The maximum absolute atomic E-state index is 11.8. The van der Waals surface area contributed by atoms with Crippen LogP contribution in [0.5, 0.6) is 0 Å². The highest BCUT2D eigenvalue weighted by molar-refractivity contribution is 6.30. The zero-order valence-corrected chi connectivity index (χ0v) is 13.2. The van der Waals surface area contributed by atoms with Crippen LogP contribution in [0.1, 0.15) is 30.6 Å². The molecular formula is C15H19ClN2O4. The number of halogens is 1. The maximum Gasteiger partial charge on any atom is 0.326 e. The molecule has 7 heteroatoms. The number of aliphatic carboxylic acids is 1. The summed E-state index contributed by atoms with van der Waals surface area (Å²) in [4.78, 5) is 34.6. The van der Waals surface area contributed by atoms with Crippen molar-refractivity contribution in [3.8, 4) is 0 Å². The molecule has 1 aromatic carbocycles. The number of nitrogens with one attached hydrogen (secondary N) is 2. The van der Waals surface area contributed by atoms with Gasteiger partial charge in [-0.25, -0.2) is 4.79 Å². The van der Waals surface area contributed by atoms with Crippen molar-refractivity contribution in [3.05, 3.63) is 34.9 Å². The van der Waals surface area contributed by atoms with Gasteiger partial charge in [0, 0.05) is 10.6 Å². The van der Waals surface area contributed by atoms with Gasteiger partial charge in [0.05, 0.1) is 6.54 Å². The van der Waals surface area contributed by atoms with Crippen molar-refractivity contribution in [2.75, 3.05) is 6.54 Å². The number of amides is 2. The van der Waals surface area contributed by atoms with Crippen LogP contribution in [-0.2, 0) is 9.59 Å². The van der Waals surface area contributed by atoms with Gasteiger partial charge >= 0.3 is 5.97 Å². The molecule has 0 aliphatic rings. The molecule has 0 spiro atoms. The lowest BCUT2D eigenvalue weighted by molar-refractivity contribution is -0.142. The summed E-state index contributed by atoms with van der Waals surface area (Å²) in [5.74, 6) is -1.97. The van der Waals surface area contributed by atoms with E-state index >= 15 is 0 Å². The quantitative estimate of drug-likeness (QED) is 0.710. The highest BCUT2D eigenvalue weighted by Crippen LogP contribution is 2.10. The fraction of sp³-hybridized carbons (Fsp3) is 0.400. The van der Waals surface area contributed by atoms with E-state index < -0.39 is 23.8 Å². The first-order valence-electron chi connectivity index (χ1n) is 6.85. The van der Waals surface area contributed by atoms with Gasteiger partial charge in [0.2, 0.25) is 5.91 Å². The van der Waals surface area contributed by atoms with E-state index in [1.54, 1.807) is 18.2 Å². The van der Waals surface area contributed by atoms with Crippen LogP contribution in [-0.4, -0.2) is 35.5 Å². The Bertz CT molecular complexity index is 560. The van der Waals surface area contributed by atoms with Crippen molar-refractivity contribution in [3.63, 3.8) is 0 Å². The number of hydrogen-bond donors (Lipinski definition) is 3. The number of carboxylic acids is 1. The van der Waals surface area contributed by atoms with Crippen molar-refractivity contribution in [1.29, 1.82) is 0 Å². The molecule has 0 aromatic heterocycles. The van der Waals surface area contributed by atoms with Crippen molar-refractivity contribution < 1.29 is 19.5 Å². The molecule has 0 aliphatic heterocycles. The number of hydrogen-bond acceptors (Lipinski definition) is 3. The largest absolute Gasteiger partial charge is 0.480 e. The fourth-order valence-electron chi connectivity index (χ4n) is 1.83. The summed E-state index contributed by atoms with van der Waals surface area (Å²) in [7, 11) is 0. The Balaban J connectivity index is 2.51. The van der Waals surface area contributed by atoms with Gasteiger partial charge in [-0.2, -0.15) is 0 Å². The SMILES string of the molecule is CC(C)C[C@H](NC(=O)CNC(=O)c1cccc(Cl)c1)C(=O)O. The van der Waals surface area contributed by atoms with Crippen LogP contribution in [0.25, 0.3) is 0 Å². The molecule has 0 fully saturated rings. The Hall–Kier alpha value is -2.08. The predicted molar refractivity (Wildman–Crippen MR) is 82.8 cm³/mol. The second-order valence-electron chi connectivity index (χ2n) is 5.28. The normalized spacial score (nSPS) is 11.8.